The maximum Gasteiger partial charge on any atom is 0.260 e. The largest absolute Gasteiger partial charge is 0.493 e. The Morgan fingerprint density at radius 3 is 2.85 bits per heavy atom. The van der Waals surface area contributed by atoms with Crippen LogP contribution in [0.1, 0.15) is 24.2 Å². The number of anilines is 1. The van der Waals surface area contributed by atoms with Gasteiger partial charge in [-0.05, 0) is 33.0 Å². The van der Waals surface area contributed by atoms with E-state index in [0.29, 0.717) is 23.6 Å². The van der Waals surface area contributed by atoms with Crippen molar-refractivity contribution in [3.05, 3.63) is 23.8 Å². The molecule has 1 fully saturated rings. The van der Waals surface area contributed by atoms with Crippen molar-refractivity contribution < 1.29 is 9.53 Å². The lowest BCUT2D eigenvalue weighted by molar-refractivity contribution is 0.0531. The molecular weight excluding hydrogens is 254 g/mol. The second kappa shape index (κ2) is 6.13. The highest BCUT2D eigenvalue weighted by atomic mass is 16.5. The fourth-order valence-corrected chi connectivity index (χ4v) is 2.64. The van der Waals surface area contributed by atoms with E-state index in [9.17, 15) is 4.79 Å². The van der Waals surface area contributed by atoms with Crippen LogP contribution in [-0.2, 0) is 0 Å². The number of hydrogen-bond acceptors (Lipinski definition) is 4. The molecule has 1 atom stereocenters. The third-order valence-corrected chi connectivity index (χ3v) is 3.66. The van der Waals surface area contributed by atoms with Crippen molar-refractivity contribution in [1.29, 1.82) is 0 Å². The highest BCUT2D eigenvalue weighted by molar-refractivity contribution is 6.02. The number of nitrogens with zero attached hydrogens (tertiary/aromatic N) is 2. The van der Waals surface area contributed by atoms with E-state index in [4.69, 9.17) is 10.5 Å². The summed E-state index contributed by atoms with van der Waals surface area (Å²) >= 11 is 0. The minimum absolute atomic E-state index is 0.0350. The molecule has 1 aromatic rings. The third-order valence-electron chi connectivity index (χ3n) is 3.66. The lowest BCUT2D eigenvalue weighted by Crippen LogP contribution is -2.52. The first-order chi connectivity index (χ1) is 9.54. The first-order valence-corrected chi connectivity index (χ1v) is 7.05. The lowest BCUT2D eigenvalue weighted by atomic mass is 10.1. The third kappa shape index (κ3) is 2.88. The molecule has 5 heteroatoms. The zero-order valence-electron chi connectivity index (χ0n) is 12.4. The van der Waals surface area contributed by atoms with Crippen LogP contribution in [0.2, 0.25) is 0 Å². The van der Waals surface area contributed by atoms with Crippen molar-refractivity contribution in [3.8, 4) is 5.75 Å². The summed E-state index contributed by atoms with van der Waals surface area (Å²) in [6.45, 7) is 6.95. The smallest absolute Gasteiger partial charge is 0.260 e. The Hall–Kier alpha value is -1.75. The van der Waals surface area contributed by atoms with Crippen LogP contribution in [0.4, 0.5) is 5.69 Å². The van der Waals surface area contributed by atoms with Gasteiger partial charge in [0.25, 0.3) is 5.91 Å². The minimum Gasteiger partial charge on any atom is -0.493 e. The normalized spacial score (nSPS) is 19.9. The first kappa shape index (κ1) is 14.7. The molecule has 1 aliphatic heterocycles. The van der Waals surface area contributed by atoms with Crippen molar-refractivity contribution in [3.63, 3.8) is 0 Å². The molecule has 1 heterocycles. The number of hydrogen-bond donors (Lipinski definition) is 1. The Balaban J connectivity index is 2.29. The molecule has 0 bridgehead atoms. The number of rotatable bonds is 3. The summed E-state index contributed by atoms with van der Waals surface area (Å²) in [4.78, 5) is 16.9. The Labute approximate surface area is 120 Å². The van der Waals surface area contributed by atoms with Crippen LogP contribution in [0.15, 0.2) is 18.2 Å². The van der Waals surface area contributed by atoms with Crippen LogP contribution in [-0.4, -0.2) is 55.0 Å². The predicted octanol–water partition coefficient (Wildman–Crippen LogP) is 1.44. The molecular formula is C15H23N3O2. The number of ether oxygens (including phenoxy) is 1. The summed E-state index contributed by atoms with van der Waals surface area (Å²) in [5.74, 6) is 0.538. The van der Waals surface area contributed by atoms with Crippen LogP contribution >= 0.6 is 0 Å². The summed E-state index contributed by atoms with van der Waals surface area (Å²) in [7, 11) is 2.07. The van der Waals surface area contributed by atoms with E-state index >= 15 is 0 Å². The molecule has 1 unspecified atom stereocenters. The second-order valence-corrected chi connectivity index (χ2v) is 5.26. The lowest BCUT2D eigenvalue weighted by Gasteiger charge is -2.38. The molecule has 1 amide bonds. The summed E-state index contributed by atoms with van der Waals surface area (Å²) in [5.41, 5.74) is 6.96. The number of benzene rings is 1. The van der Waals surface area contributed by atoms with Gasteiger partial charge < -0.3 is 20.3 Å². The Bertz CT molecular complexity index is 490. The van der Waals surface area contributed by atoms with Crippen molar-refractivity contribution in [2.75, 3.05) is 39.0 Å². The van der Waals surface area contributed by atoms with Crippen molar-refractivity contribution in [2.45, 2.75) is 19.9 Å². The summed E-state index contributed by atoms with van der Waals surface area (Å²) in [6.07, 6.45) is 0. The highest BCUT2D eigenvalue weighted by Gasteiger charge is 2.29. The molecule has 0 spiro atoms. The molecule has 0 aromatic heterocycles. The Morgan fingerprint density at radius 1 is 1.45 bits per heavy atom. The van der Waals surface area contributed by atoms with Gasteiger partial charge in [-0.3, -0.25) is 4.79 Å². The second-order valence-electron chi connectivity index (χ2n) is 5.26. The van der Waals surface area contributed by atoms with Gasteiger partial charge in [0.15, 0.2) is 0 Å². The van der Waals surface area contributed by atoms with Gasteiger partial charge in [-0.25, -0.2) is 0 Å². The van der Waals surface area contributed by atoms with Crippen LogP contribution in [0, 0.1) is 0 Å². The van der Waals surface area contributed by atoms with Crippen LogP contribution < -0.4 is 10.5 Å². The number of amides is 1. The Kier molecular flexibility index (Phi) is 4.49. The van der Waals surface area contributed by atoms with E-state index in [0.717, 1.165) is 19.6 Å². The minimum atomic E-state index is -0.0350. The van der Waals surface area contributed by atoms with E-state index in [2.05, 4.69) is 18.9 Å². The predicted molar refractivity (Wildman–Crippen MR) is 80.0 cm³/mol. The summed E-state index contributed by atoms with van der Waals surface area (Å²) in [6, 6.07) is 5.53. The molecule has 5 nitrogen and oxygen atoms in total. The Morgan fingerprint density at radius 2 is 2.20 bits per heavy atom. The number of likely N-dealkylation sites (N-methyl/N-ethyl adjacent to an activating group) is 1. The molecule has 2 N–H and O–H groups in total. The summed E-state index contributed by atoms with van der Waals surface area (Å²) < 4.78 is 5.55. The van der Waals surface area contributed by atoms with E-state index in [1.54, 1.807) is 12.1 Å². The van der Waals surface area contributed by atoms with Crippen LogP contribution in [0.25, 0.3) is 0 Å². The molecule has 110 valence electrons. The quantitative estimate of drug-likeness (QED) is 0.849. The van der Waals surface area contributed by atoms with Gasteiger partial charge in [0.2, 0.25) is 0 Å². The van der Waals surface area contributed by atoms with Crippen molar-refractivity contribution >= 4 is 11.6 Å². The number of carbonyl (C=O) groups is 1. The summed E-state index contributed by atoms with van der Waals surface area (Å²) in [5, 5.41) is 0. The van der Waals surface area contributed by atoms with Gasteiger partial charge in [0, 0.05) is 31.4 Å². The number of nitrogens with two attached hydrogens (primary N) is 1. The zero-order valence-corrected chi connectivity index (χ0v) is 12.4. The van der Waals surface area contributed by atoms with E-state index < -0.39 is 0 Å². The standard InChI is InChI=1S/C15H23N3O2/c1-4-20-13-7-5-6-12(16)14(13)15(19)18-9-8-17(3)10-11(18)2/h5-7,11H,4,8-10,16H2,1-3H3. The average Bonchev–Trinajstić information content (AvgIpc) is 2.38. The van der Waals surface area contributed by atoms with Gasteiger partial charge in [-0.15, -0.1) is 0 Å². The fraction of sp³-hybridized carbons (Fsp3) is 0.533. The molecule has 0 aliphatic carbocycles. The maximum absolute atomic E-state index is 12.8. The van der Waals surface area contributed by atoms with Gasteiger partial charge >= 0.3 is 0 Å². The average molecular weight is 277 g/mol. The molecule has 0 saturated carbocycles. The van der Waals surface area contributed by atoms with E-state index in [-0.39, 0.29) is 11.9 Å². The first-order valence-electron chi connectivity index (χ1n) is 7.05. The fourth-order valence-electron chi connectivity index (χ4n) is 2.64. The van der Waals surface area contributed by atoms with E-state index in [1.807, 2.05) is 17.9 Å². The number of nitrogen functional groups attached to an aromatic ring is 1. The van der Waals surface area contributed by atoms with Crippen LogP contribution in [0.5, 0.6) is 5.75 Å². The molecule has 20 heavy (non-hydrogen) atoms. The SMILES string of the molecule is CCOc1cccc(N)c1C(=O)N1CCN(C)CC1C. The molecule has 1 aromatic carbocycles. The van der Waals surface area contributed by atoms with Crippen molar-refractivity contribution in [1.82, 2.24) is 9.80 Å². The van der Waals surface area contributed by atoms with Gasteiger partial charge in [-0.2, -0.15) is 0 Å². The molecule has 1 aliphatic rings. The number of carbonyl (C=O) groups excluding carboxylic acids is 1. The van der Waals surface area contributed by atoms with Crippen LogP contribution in [0.3, 0.4) is 0 Å². The molecule has 0 radical (unpaired) electrons. The zero-order chi connectivity index (χ0) is 14.7. The number of piperazine rings is 1. The monoisotopic (exact) mass is 277 g/mol. The van der Waals surface area contributed by atoms with Gasteiger partial charge in [0.05, 0.1) is 6.61 Å². The van der Waals surface area contributed by atoms with Gasteiger partial charge in [0.1, 0.15) is 11.3 Å². The van der Waals surface area contributed by atoms with E-state index in [1.165, 1.54) is 0 Å². The van der Waals surface area contributed by atoms with Crippen molar-refractivity contribution in [2.24, 2.45) is 0 Å². The molecule has 1 saturated heterocycles. The maximum atomic E-state index is 12.8. The topological polar surface area (TPSA) is 58.8 Å². The molecule has 2 rings (SSSR count). The van der Waals surface area contributed by atoms with Gasteiger partial charge in [-0.1, -0.05) is 6.07 Å². The highest BCUT2D eigenvalue weighted by Crippen LogP contribution is 2.27.